The van der Waals surface area contributed by atoms with E-state index >= 15 is 0 Å². The molecule has 0 bridgehead atoms. The summed E-state index contributed by atoms with van der Waals surface area (Å²) in [6.07, 6.45) is 4.04. The average Bonchev–Trinajstić information content (AvgIpc) is 2.94. The van der Waals surface area contributed by atoms with Crippen LogP contribution in [-0.2, 0) is 10.3 Å². The number of pyridine rings is 1. The molecule has 1 amide bonds. The summed E-state index contributed by atoms with van der Waals surface area (Å²) in [6, 6.07) is 1.84. The number of aliphatic hydroxyl groups is 1. The quantitative estimate of drug-likeness (QED) is 0.788. The second kappa shape index (κ2) is 7.31. The fourth-order valence-electron chi connectivity index (χ4n) is 3.26. The first kappa shape index (κ1) is 19.9. The number of piperidine rings is 1. The number of imidazole rings is 1. The van der Waals surface area contributed by atoms with Crippen molar-refractivity contribution < 1.29 is 19.4 Å². The van der Waals surface area contributed by atoms with Crippen LogP contribution in [0.1, 0.15) is 46.1 Å². The number of carbonyl (C=O) groups excluding carboxylic acids is 1. The van der Waals surface area contributed by atoms with Gasteiger partial charge in [0.2, 0.25) is 0 Å². The third-order valence-corrected chi connectivity index (χ3v) is 5.19. The van der Waals surface area contributed by atoms with Crippen LogP contribution in [0.25, 0.3) is 5.65 Å². The molecule has 0 aromatic carbocycles. The molecular formula is C19H26BrN3O4. The molecule has 1 aliphatic heterocycles. The van der Waals surface area contributed by atoms with Crippen LogP contribution in [0.15, 0.2) is 23.1 Å². The van der Waals surface area contributed by atoms with E-state index in [4.69, 9.17) is 9.47 Å². The Kier molecular flexibility index (Phi) is 5.40. The van der Waals surface area contributed by atoms with Crippen molar-refractivity contribution in [2.45, 2.75) is 51.7 Å². The number of aromatic nitrogens is 2. The molecule has 2 aromatic rings. The number of rotatable bonds is 3. The first-order valence-electron chi connectivity index (χ1n) is 9.13. The SMILES string of the molecule is CCOc1cc2ncc(Br)n2cc1C1(O)CCN(C(=O)OC(C)(C)C)CC1. The van der Waals surface area contributed by atoms with Gasteiger partial charge in [0.15, 0.2) is 0 Å². The predicted molar refractivity (Wildman–Crippen MR) is 105 cm³/mol. The summed E-state index contributed by atoms with van der Waals surface area (Å²) in [6.45, 7) is 8.77. The van der Waals surface area contributed by atoms with E-state index in [-0.39, 0.29) is 6.09 Å². The Labute approximate surface area is 167 Å². The Morgan fingerprint density at radius 1 is 1.37 bits per heavy atom. The van der Waals surface area contributed by atoms with E-state index in [0.717, 1.165) is 10.3 Å². The molecule has 0 aliphatic carbocycles. The molecule has 3 rings (SSSR count). The van der Waals surface area contributed by atoms with E-state index in [2.05, 4.69) is 20.9 Å². The molecule has 1 saturated heterocycles. The summed E-state index contributed by atoms with van der Waals surface area (Å²) in [5, 5.41) is 11.4. The van der Waals surface area contributed by atoms with Crippen LogP contribution in [0.4, 0.5) is 4.79 Å². The average molecular weight is 440 g/mol. The van der Waals surface area contributed by atoms with Crippen molar-refractivity contribution in [3.63, 3.8) is 0 Å². The van der Waals surface area contributed by atoms with Crippen molar-refractivity contribution in [3.8, 4) is 5.75 Å². The zero-order chi connectivity index (χ0) is 19.8. The Hall–Kier alpha value is -1.80. The number of hydrogen-bond donors (Lipinski definition) is 1. The van der Waals surface area contributed by atoms with Crippen LogP contribution in [-0.4, -0.2) is 50.8 Å². The van der Waals surface area contributed by atoms with Gasteiger partial charge in [-0.15, -0.1) is 0 Å². The monoisotopic (exact) mass is 439 g/mol. The number of fused-ring (bicyclic) bond motifs is 1. The third-order valence-electron chi connectivity index (χ3n) is 4.61. The van der Waals surface area contributed by atoms with Crippen molar-refractivity contribution >= 4 is 27.7 Å². The normalized spacial score (nSPS) is 17.2. The summed E-state index contributed by atoms with van der Waals surface area (Å²) in [5.74, 6) is 0.622. The van der Waals surface area contributed by atoms with E-state index in [1.54, 1.807) is 11.1 Å². The van der Waals surface area contributed by atoms with Gasteiger partial charge < -0.3 is 19.5 Å². The molecule has 0 radical (unpaired) electrons. The molecule has 0 spiro atoms. The van der Waals surface area contributed by atoms with E-state index in [0.29, 0.717) is 43.9 Å². The van der Waals surface area contributed by atoms with Gasteiger partial charge in [-0.2, -0.15) is 0 Å². The van der Waals surface area contributed by atoms with Crippen LogP contribution in [0.2, 0.25) is 0 Å². The molecule has 1 fully saturated rings. The minimum atomic E-state index is -1.08. The van der Waals surface area contributed by atoms with Gasteiger partial charge in [0.1, 0.15) is 21.6 Å². The molecule has 1 N–H and O–H groups in total. The molecule has 1 aliphatic rings. The highest BCUT2D eigenvalue weighted by Gasteiger charge is 2.39. The van der Waals surface area contributed by atoms with Crippen molar-refractivity contribution in [2.75, 3.05) is 19.7 Å². The number of ether oxygens (including phenoxy) is 2. The predicted octanol–water partition coefficient (Wildman–Crippen LogP) is 3.71. The lowest BCUT2D eigenvalue weighted by Crippen LogP contribution is -2.47. The van der Waals surface area contributed by atoms with Crippen molar-refractivity contribution in [1.82, 2.24) is 14.3 Å². The maximum Gasteiger partial charge on any atom is 0.410 e. The maximum atomic E-state index is 12.3. The minimum Gasteiger partial charge on any atom is -0.493 e. The number of carbonyl (C=O) groups is 1. The van der Waals surface area contributed by atoms with Crippen LogP contribution in [0, 0.1) is 0 Å². The summed E-state index contributed by atoms with van der Waals surface area (Å²) in [5.41, 5.74) is -0.171. The fraction of sp³-hybridized carbons (Fsp3) is 0.579. The molecule has 27 heavy (non-hydrogen) atoms. The highest BCUT2D eigenvalue weighted by atomic mass is 79.9. The van der Waals surface area contributed by atoms with Gasteiger partial charge in [0.05, 0.1) is 18.4 Å². The lowest BCUT2D eigenvalue weighted by atomic mass is 9.85. The Morgan fingerprint density at radius 3 is 2.63 bits per heavy atom. The summed E-state index contributed by atoms with van der Waals surface area (Å²) in [7, 11) is 0. The molecule has 2 aromatic heterocycles. The summed E-state index contributed by atoms with van der Waals surface area (Å²) in [4.78, 5) is 18.3. The van der Waals surface area contributed by atoms with Crippen LogP contribution < -0.4 is 4.74 Å². The molecular weight excluding hydrogens is 414 g/mol. The zero-order valence-electron chi connectivity index (χ0n) is 16.2. The van der Waals surface area contributed by atoms with Crippen LogP contribution in [0.5, 0.6) is 5.75 Å². The third kappa shape index (κ3) is 4.21. The second-order valence-electron chi connectivity index (χ2n) is 7.79. The Morgan fingerprint density at radius 2 is 2.04 bits per heavy atom. The lowest BCUT2D eigenvalue weighted by molar-refractivity contribution is -0.0370. The molecule has 148 valence electrons. The smallest absolute Gasteiger partial charge is 0.410 e. The van der Waals surface area contributed by atoms with Gasteiger partial charge in [-0.25, -0.2) is 9.78 Å². The number of nitrogens with zero attached hydrogens (tertiary/aromatic N) is 3. The highest BCUT2D eigenvalue weighted by Crippen LogP contribution is 2.39. The molecule has 0 saturated carbocycles. The standard InChI is InChI=1S/C19H26BrN3O4/c1-5-26-14-10-16-21-11-15(20)23(16)12-13(14)19(25)6-8-22(9-7-19)17(24)27-18(2,3)4/h10-12,25H,5-9H2,1-4H3. The van der Waals surface area contributed by atoms with Gasteiger partial charge in [-0.3, -0.25) is 4.40 Å². The summed E-state index contributed by atoms with van der Waals surface area (Å²) < 4.78 is 13.9. The lowest BCUT2D eigenvalue weighted by Gasteiger charge is -2.39. The van der Waals surface area contributed by atoms with Gasteiger partial charge >= 0.3 is 6.09 Å². The molecule has 3 heterocycles. The van der Waals surface area contributed by atoms with E-state index < -0.39 is 11.2 Å². The van der Waals surface area contributed by atoms with Gasteiger partial charge in [0.25, 0.3) is 0 Å². The Bertz CT molecular complexity index is 835. The largest absolute Gasteiger partial charge is 0.493 e. The van der Waals surface area contributed by atoms with Crippen molar-refractivity contribution in [2.24, 2.45) is 0 Å². The van der Waals surface area contributed by atoms with Gasteiger partial charge in [-0.05, 0) is 56.5 Å². The number of amides is 1. The van der Waals surface area contributed by atoms with Crippen LogP contribution in [0.3, 0.4) is 0 Å². The summed E-state index contributed by atoms with van der Waals surface area (Å²) >= 11 is 3.47. The minimum absolute atomic E-state index is 0.345. The number of halogens is 1. The van der Waals surface area contributed by atoms with E-state index in [1.165, 1.54) is 0 Å². The van der Waals surface area contributed by atoms with Gasteiger partial charge in [-0.1, -0.05) is 0 Å². The molecule has 0 atom stereocenters. The fourth-order valence-corrected chi connectivity index (χ4v) is 3.64. The molecule has 7 nitrogen and oxygen atoms in total. The zero-order valence-corrected chi connectivity index (χ0v) is 17.7. The topological polar surface area (TPSA) is 76.3 Å². The van der Waals surface area contributed by atoms with Crippen molar-refractivity contribution in [3.05, 3.63) is 28.6 Å². The van der Waals surface area contributed by atoms with E-state index in [9.17, 15) is 9.90 Å². The molecule has 0 unspecified atom stereocenters. The number of hydrogen-bond acceptors (Lipinski definition) is 5. The van der Waals surface area contributed by atoms with Crippen molar-refractivity contribution in [1.29, 1.82) is 0 Å². The Balaban J connectivity index is 1.85. The first-order chi connectivity index (χ1) is 12.6. The van der Waals surface area contributed by atoms with Gasteiger partial charge in [0, 0.05) is 30.9 Å². The first-order valence-corrected chi connectivity index (χ1v) is 9.92. The van der Waals surface area contributed by atoms with E-state index in [1.807, 2.05) is 44.4 Å². The maximum absolute atomic E-state index is 12.3. The second-order valence-corrected chi connectivity index (χ2v) is 8.60. The number of likely N-dealkylation sites (tertiary alicyclic amines) is 1. The van der Waals surface area contributed by atoms with Crippen LogP contribution >= 0.6 is 15.9 Å². The highest BCUT2D eigenvalue weighted by molar-refractivity contribution is 9.10. The molecule has 8 heteroatoms.